The molecule has 12 nitrogen and oxygen atoms in total. The zero-order valence-corrected chi connectivity index (χ0v) is 23.1. The van der Waals surface area contributed by atoms with E-state index in [2.05, 4.69) is 25.8 Å². The molecule has 0 saturated carbocycles. The second-order valence-electron chi connectivity index (χ2n) is 8.53. The van der Waals surface area contributed by atoms with Crippen molar-refractivity contribution >= 4 is 76.0 Å². The molecule has 5 rings (SSSR count). The Morgan fingerprint density at radius 3 is 2.95 bits per heavy atom. The molecule has 1 saturated heterocycles. The van der Waals surface area contributed by atoms with E-state index in [0.717, 1.165) is 23.3 Å². The minimum Gasteiger partial charge on any atom is -0.477 e. The lowest BCUT2D eigenvalue weighted by atomic mass is 10.0. The molecular formula is C25H22N6O6S3. The average molecular weight is 599 g/mol. The predicted molar refractivity (Wildman–Crippen MR) is 152 cm³/mol. The number of hydrogen-bond acceptors (Lipinski definition) is 11. The van der Waals surface area contributed by atoms with Crippen molar-refractivity contribution in [2.75, 3.05) is 11.1 Å². The SMILES string of the molecule is O=CNc1nc(/C(=N/OC2C=CCC2)C(=O)NC2C(=O)N3C(C(=O)O)=C(S/C=C\c4cccnc4)CS[C@H]23)cs1. The van der Waals surface area contributed by atoms with Gasteiger partial charge in [0.05, 0.1) is 0 Å². The topological polar surface area (TPSA) is 163 Å². The van der Waals surface area contributed by atoms with Gasteiger partial charge in [-0.15, -0.1) is 23.1 Å². The van der Waals surface area contributed by atoms with Gasteiger partial charge in [0, 0.05) is 28.4 Å². The molecule has 2 aromatic heterocycles. The van der Waals surface area contributed by atoms with Crippen LogP contribution in [0.1, 0.15) is 24.1 Å². The third kappa shape index (κ3) is 5.95. The number of allylic oxidation sites excluding steroid dienone is 1. The number of β-lactam (4-membered cyclic amide) rings is 1. The van der Waals surface area contributed by atoms with E-state index in [4.69, 9.17) is 4.84 Å². The number of nitrogens with one attached hydrogen (secondary N) is 2. The summed E-state index contributed by atoms with van der Waals surface area (Å²) < 4.78 is 0. The van der Waals surface area contributed by atoms with Gasteiger partial charge in [0.1, 0.15) is 28.9 Å². The summed E-state index contributed by atoms with van der Waals surface area (Å²) >= 11 is 3.67. The minimum absolute atomic E-state index is 0.102. The Kier molecular flexibility index (Phi) is 8.62. The molecule has 3 atom stereocenters. The second-order valence-corrected chi connectivity index (χ2v) is 11.5. The van der Waals surface area contributed by atoms with Gasteiger partial charge in [0.15, 0.2) is 10.8 Å². The highest BCUT2D eigenvalue weighted by Gasteiger charge is 2.54. The number of rotatable bonds is 11. The Morgan fingerprint density at radius 2 is 2.23 bits per heavy atom. The van der Waals surface area contributed by atoms with Crippen LogP contribution in [-0.4, -0.2) is 73.2 Å². The van der Waals surface area contributed by atoms with E-state index in [1.165, 1.54) is 33.8 Å². The fourth-order valence-electron chi connectivity index (χ4n) is 4.08. The third-order valence-corrected chi connectivity index (χ3v) is 9.10. The number of amides is 3. The summed E-state index contributed by atoms with van der Waals surface area (Å²) in [7, 11) is 0. The lowest BCUT2D eigenvalue weighted by Crippen LogP contribution is -2.71. The number of thiazole rings is 1. The molecule has 2 aliphatic heterocycles. The average Bonchev–Trinajstić information content (AvgIpc) is 3.65. The van der Waals surface area contributed by atoms with Crippen LogP contribution in [0.3, 0.4) is 0 Å². The first-order valence-corrected chi connectivity index (χ1v) is 14.8. The molecule has 2 aromatic rings. The Bertz CT molecular complexity index is 1440. The molecule has 4 heterocycles. The summed E-state index contributed by atoms with van der Waals surface area (Å²) in [5.74, 6) is -2.13. The first kappa shape index (κ1) is 27.6. The number of aromatic nitrogens is 2. The van der Waals surface area contributed by atoms with E-state index >= 15 is 0 Å². The van der Waals surface area contributed by atoms with Crippen molar-refractivity contribution in [1.29, 1.82) is 0 Å². The smallest absolute Gasteiger partial charge is 0.353 e. The number of pyridine rings is 1. The fraction of sp³-hybridized carbons (Fsp3) is 0.240. The van der Waals surface area contributed by atoms with Crippen molar-refractivity contribution in [1.82, 2.24) is 20.2 Å². The molecule has 15 heteroatoms. The molecule has 3 N–H and O–H groups in total. The van der Waals surface area contributed by atoms with Crippen molar-refractivity contribution in [3.05, 3.63) is 69.3 Å². The Labute approximate surface area is 240 Å². The van der Waals surface area contributed by atoms with E-state index in [-0.39, 0.29) is 28.3 Å². The Morgan fingerprint density at radius 1 is 1.35 bits per heavy atom. The highest BCUT2D eigenvalue weighted by Crippen LogP contribution is 2.43. The second kappa shape index (κ2) is 12.5. The third-order valence-electron chi connectivity index (χ3n) is 5.97. The Hall–Kier alpha value is -3.95. The predicted octanol–water partition coefficient (Wildman–Crippen LogP) is 2.65. The van der Waals surface area contributed by atoms with Gasteiger partial charge in [-0.25, -0.2) is 9.78 Å². The highest BCUT2D eigenvalue weighted by atomic mass is 32.2. The van der Waals surface area contributed by atoms with Gasteiger partial charge in [-0.1, -0.05) is 29.1 Å². The van der Waals surface area contributed by atoms with Crippen LogP contribution in [-0.2, 0) is 24.0 Å². The maximum atomic E-state index is 13.3. The normalized spacial score (nSPS) is 22.2. The summed E-state index contributed by atoms with van der Waals surface area (Å²) in [5, 5.41) is 22.0. The van der Waals surface area contributed by atoms with Crippen LogP contribution >= 0.6 is 34.9 Å². The first-order chi connectivity index (χ1) is 19.5. The molecule has 3 aliphatic rings. The van der Waals surface area contributed by atoms with Gasteiger partial charge < -0.3 is 20.6 Å². The molecule has 40 heavy (non-hydrogen) atoms. The summed E-state index contributed by atoms with van der Waals surface area (Å²) in [4.78, 5) is 64.8. The van der Waals surface area contributed by atoms with Crippen molar-refractivity contribution in [2.45, 2.75) is 30.4 Å². The first-order valence-electron chi connectivity index (χ1n) is 12.0. The van der Waals surface area contributed by atoms with Crippen LogP contribution in [0.4, 0.5) is 5.13 Å². The largest absolute Gasteiger partial charge is 0.477 e. The van der Waals surface area contributed by atoms with E-state index in [1.807, 2.05) is 18.2 Å². The minimum atomic E-state index is -1.22. The van der Waals surface area contributed by atoms with Crippen LogP contribution in [0.25, 0.3) is 6.08 Å². The molecule has 0 bridgehead atoms. The van der Waals surface area contributed by atoms with Crippen LogP contribution in [0.15, 0.2) is 63.2 Å². The van der Waals surface area contributed by atoms with Gasteiger partial charge in [0.25, 0.3) is 11.8 Å². The highest BCUT2D eigenvalue weighted by molar-refractivity contribution is 8.08. The number of aliphatic carboxylic acids is 1. The maximum Gasteiger partial charge on any atom is 0.353 e. The number of carboxylic acids is 1. The van der Waals surface area contributed by atoms with Crippen LogP contribution in [0.2, 0.25) is 0 Å². The summed E-state index contributed by atoms with van der Waals surface area (Å²) in [6.45, 7) is 0. The zero-order valence-electron chi connectivity index (χ0n) is 20.6. The van der Waals surface area contributed by atoms with Crippen LogP contribution in [0.5, 0.6) is 0 Å². The standard InChI is InChI=1S/C25H22N6O6S3/c32-13-27-25-28-16(11-40-25)18(30-37-15-5-1-2-6-15)21(33)29-19-22(34)31-20(24(35)36)17(12-39-23(19)31)38-9-7-14-4-3-8-26-10-14/h1,3-5,7-11,13,15,19,23H,2,6,12H2,(H,29,33)(H,35,36)(H,27,28,32)/b9-7-,30-18-/t15?,19?,23-/m1/s1. The van der Waals surface area contributed by atoms with Crippen LogP contribution < -0.4 is 10.6 Å². The lowest BCUT2D eigenvalue weighted by Gasteiger charge is -2.49. The van der Waals surface area contributed by atoms with Crippen molar-refractivity contribution < 1.29 is 29.1 Å². The fourth-order valence-corrected chi connectivity index (χ4v) is 7.09. The van der Waals surface area contributed by atoms with Crippen molar-refractivity contribution in [3.63, 3.8) is 0 Å². The molecule has 1 aliphatic carbocycles. The lowest BCUT2D eigenvalue weighted by molar-refractivity contribution is -0.150. The molecule has 206 valence electrons. The summed E-state index contributed by atoms with van der Waals surface area (Å²) in [6.07, 6.45) is 10.6. The maximum absolute atomic E-state index is 13.3. The number of fused-ring (bicyclic) bond motifs is 1. The van der Waals surface area contributed by atoms with Gasteiger partial charge in [-0.3, -0.25) is 24.3 Å². The molecular weight excluding hydrogens is 577 g/mol. The number of carbonyl (C=O) groups is 4. The van der Waals surface area contributed by atoms with E-state index < -0.39 is 29.2 Å². The number of oxime groups is 1. The van der Waals surface area contributed by atoms with Gasteiger partial charge in [-0.05, 0) is 42.0 Å². The van der Waals surface area contributed by atoms with Gasteiger partial charge in [0.2, 0.25) is 6.41 Å². The number of carbonyl (C=O) groups excluding carboxylic acids is 3. The number of anilines is 1. The van der Waals surface area contributed by atoms with Gasteiger partial charge >= 0.3 is 5.97 Å². The van der Waals surface area contributed by atoms with Crippen LogP contribution in [0, 0.1) is 0 Å². The van der Waals surface area contributed by atoms with E-state index in [0.29, 0.717) is 23.5 Å². The molecule has 0 aromatic carbocycles. The number of nitrogens with zero attached hydrogens (tertiary/aromatic N) is 4. The molecule has 2 unspecified atom stereocenters. The number of carboxylic acid groups (broad SMARTS) is 1. The Balaban J connectivity index is 1.31. The summed E-state index contributed by atoms with van der Waals surface area (Å²) in [5.41, 5.74) is 0.762. The van der Waals surface area contributed by atoms with E-state index in [9.17, 15) is 24.3 Å². The molecule has 0 radical (unpaired) electrons. The van der Waals surface area contributed by atoms with Crippen molar-refractivity contribution in [3.8, 4) is 0 Å². The van der Waals surface area contributed by atoms with Crippen molar-refractivity contribution in [2.24, 2.45) is 5.16 Å². The zero-order chi connectivity index (χ0) is 28.1. The monoisotopic (exact) mass is 598 g/mol. The number of hydrogen-bond donors (Lipinski definition) is 3. The molecule has 1 fully saturated rings. The molecule has 0 spiro atoms. The number of thioether (sulfide) groups is 2. The quantitative estimate of drug-likeness (QED) is 0.115. The van der Waals surface area contributed by atoms with Gasteiger partial charge in [-0.2, -0.15) is 0 Å². The van der Waals surface area contributed by atoms with E-state index in [1.54, 1.807) is 29.9 Å². The summed E-state index contributed by atoms with van der Waals surface area (Å²) in [6, 6.07) is 2.70. The molecule has 3 amide bonds.